The molecule has 1 aliphatic heterocycles. The molecule has 25 heavy (non-hydrogen) atoms. The Kier molecular flexibility index (Phi) is 4.57. The summed E-state index contributed by atoms with van der Waals surface area (Å²) < 4.78 is 0. The van der Waals surface area contributed by atoms with E-state index >= 15 is 0 Å². The van der Waals surface area contributed by atoms with Crippen molar-refractivity contribution in [1.82, 2.24) is 25.1 Å². The van der Waals surface area contributed by atoms with Crippen LogP contribution in [0.25, 0.3) is 0 Å². The summed E-state index contributed by atoms with van der Waals surface area (Å²) in [5.74, 6) is 3.22. The van der Waals surface area contributed by atoms with E-state index in [9.17, 15) is 0 Å². The number of likely N-dealkylation sites (N-methyl/N-ethyl adjacent to an activating group) is 1. The molecule has 134 valence electrons. The van der Waals surface area contributed by atoms with Crippen LogP contribution in [0.2, 0.25) is 0 Å². The van der Waals surface area contributed by atoms with Crippen LogP contribution in [0.15, 0.2) is 12.3 Å². The number of hydrogen-bond acceptors (Lipinski definition) is 6. The van der Waals surface area contributed by atoms with Crippen LogP contribution in [0.5, 0.6) is 0 Å². The number of rotatable bonds is 6. The van der Waals surface area contributed by atoms with Gasteiger partial charge in [-0.3, -0.25) is 5.10 Å². The lowest BCUT2D eigenvalue weighted by Crippen LogP contribution is -2.45. The number of aromatic amines is 1. The van der Waals surface area contributed by atoms with E-state index in [0.717, 1.165) is 62.2 Å². The van der Waals surface area contributed by atoms with E-state index in [1.165, 1.54) is 18.5 Å². The second kappa shape index (κ2) is 7.00. The smallest absolute Gasteiger partial charge is 0.227 e. The second-order valence-corrected chi connectivity index (χ2v) is 7.19. The molecule has 0 aromatic carbocycles. The Bertz CT molecular complexity index is 714. The van der Waals surface area contributed by atoms with Gasteiger partial charge >= 0.3 is 0 Å². The molecule has 3 heterocycles. The molecule has 2 aromatic heterocycles. The SMILES string of the molecule is CCCc1cnc(N2CCN(C)CC2)nc1Nc1cc(C2CC2)[nH]n1. The van der Waals surface area contributed by atoms with Crippen molar-refractivity contribution in [2.45, 2.75) is 38.5 Å². The molecule has 0 unspecified atom stereocenters. The van der Waals surface area contributed by atoms with Gasteiger partial charge in [0.05, 0.1) is 0 Å². The first-order valence-electron chi connectivity index (χ1n) is 9.34. The van der Waals surface area contributed by atoms with Gasteiger partial charge < -0.3 is 15.1 Å². The van der Waals surface area contributed by atoms with Gasteiger partial charge in [0, 0.05) is 55.6 Å². The molecule has 2 N–H and O–H groups in total. The van der Waals surface area contributed by atoms with E-state index in [4.69, 9.17) is 4.98 Å². The standard InChI is InChI=1S/C18H27N7/c1-3-4-14-12-19-18(25-9-7-24(2)8-10-25)21-17(14)20-16-11-15(22-23-16)13-5-6-13/h11-13H,3-10H2,1-2H3,(H2,19,20,21,22,23). The van der Waals surface area contributed by atoms with Gasteiger partial charge in [-0.15, -0.1) is 0 Å². The quantitative estimate of drug-likeness (QED) is 0.841. The highest BCUT2D eigenvalue weighted by Gasteiger charge is 2.25. The summed E-state index contributed by atoms with van der Waals surface area (Å²) in [6, 6.07) is 2.12. The topological polar surface area (TPSA) is 73.0 Å². The van der Waals surface area contributed by atoms with Crippen LogP contribution in [0, 0.1) is 0 Å². The third kappa shape index (κ3) is 3.76. The van der Waals surface area contributed by atoms with Gasteiger partial charge in [-0.25, -0.2) is 4.98 Å². The molecule has 0 amide bonds. The maximum atomic E-state index is 4.84. The Balaban J connectivity index is 1.55. The van der Waals surface area contributed by atoms with Gasteiger partial charge in [-0.2, -0.15) is 10.1 Å². The van der Waals surface area contributed by atoms with Gasteiger partial charge in [-0.05, 0) is 26.3 Å². The van der Waals surface area contributed by atoms with E-state index in [1.54, 1.807) is 0 Å². The van der Waals surface area contributed by atoms with Gasteiger partial charge in [0.15, 0.2) is 5.82 Å². The number of hydrogen-bond donors (Lipinski definition) is 2. The number of aryl methyl sites for hydroxylation is 1. The van der Waals surface area contributed by atoms with Crippen LogP contribution in [0.4, 0.5) is 17.6 Å². The average molecular weight is 341 g/mol. The summed E-state index contributed by atoms with van der Waals surface area (Å²) in [5, 5.41) is 11.0. The molecule has 2 aliphatic rings. The zero-order chi connectivity index (χ0) is 17.2. The molecule has 2 fully saturated rings. The molecular formula is C18H27N7. The first-order valence-corrected chi connectivity index (χ1v) is 9.34. The van der Waals surface area contributed by atoms with Crippen LogP contribution >= 0.6 is 0 Å². The number of H-pyrrole nitrogens is 1. The lowest BCUT2D eigenvalue weighted by molar-refractivity contribution is 0.311. The number of nitrogens with one attached hydrogen (secondary N) is 2. The number of anilines is 3. The minimum atomic E-state index is 0.671. The molecule has 4 rings (SSSR count). The highest BCUT2D eigenvalue weighted by molar-refractivity contribution is 5.58. The monoisotopic (exact) mass is 341 g/mol. The molecule has 7 heteroatoms. The third-order valence-electron chi connectivity index (χ3n) is 5.02. The van der Waals surface area contributed by atoms with Gasteiger partial charge in [0.25, 0.3) is 0 Å². The number of aromatic nitrogens is 4. The fourth-order valence-electron chi connectivity index (χ4n) is 3.24. The van der Waals surface area contributed by atoms with Crippen LogP contribution < -0.4 is 10.2 Å². The fraction of sp³-hybridized carbons (Fsp3) is 0.611. The molecule has 1 saturated heterocycles. The maximum Gasteiger partial charge on any atom is 0.227 e. The van der Waals surface area contributed by atoms with E-state index in [1.807, 2.05) is 6.20 Å². The van der Waals surface area contributed by atoms with E-state index < -0.39 is 0 Å². The van der Waals surface area contributed by atoms with Crippen molar-refractivity contribution in [2.75, 3.05) is 43.4 Å². The molecule has 7 nitrogen and oxygen atoms in total. The molecule has 1 saturated carbocycles. The largest absolute Gasteiger partial charge is 0.338 e. The Morgan fingerprint density at radius 3 is 2.76 bits per heavy atom. The van der Waals surface area contributed by atoms with Crippen LogP contribution in [0.1, 0.15) is 43.4 Å². The Morgan fingerprint density at radius 1 is 1.24 bits per heavy atom. The zero-order valence-corrected chi connectivity index (χ0v) is 15.1. The van der Waals surface area contributed by atoms with Crippen molar-refractivity contribution in [2.24, 2.45) is 0 Å². The van der Waals surface area contributed by atoms with Crippen LogP contribution in [0.3, 0.4) is 0 Å². The van der Waals surface area contributed by atoms with Crippen molar-refractivity contribution < 1.29 is 0 Å². The van der Waals surface area contributed by atoms with Gasteiger partial charge in [-0.1, -0.05) is 13.3 Å². The van der Waals surface area contributed by atoms with E-state index in [0.29, 0.717) is 5.92 Å². The predicted molar refractivity (Wildman–Crippen MR) is 99.6 cm³/mol. The summed E-state index contributed by atoms with van der Waals surface area (Å²) in [4.78, 5) is 14.1. The van der Waals surface area contributed by atoms with E-state index in [2.05, 4.69) is 50.3 Å². The Morgan fingerprint density at radius 2 is 2.04 bits per heavy atom. The van der Waals surface area contributed by atoms with Crippen molar-refractivity contribution >= 4 is 17.6 Å². The molecule has 0 radical (unpaired) electrons. The highest BCUT2D eigenvalue weighted by Crippen LogP contribution is 2.39. The Labute approximate surface area is 148 Å². The third-order valence-corrected chi connectivity index (χ3v) is 5.02. The van der Waals surface area contributed by atoms with Crippen molar-refractivity contribution in [3.63, 3.8) is 0 Å². The summed E-state index contributed by atoms with van der Waals surface area (Å²) in [6.07, 6.45) is 6.54. The second-order valence-electron chi connectivity index (χ2n) is 7.19. The van der Waals surface area contributed by atoms with Gasteiger partial charge in [0.1, 0.15) is 5.82 Å². The minimum absolute atomic E-state index is 0.671. The number of nitrogens with zero attached hydrogens (tertiary/aromatic N) is 5. The van der Waals surface area contributed by atoms with E-state index in [-0.39, 0.29) is 0 Å². The summed E-state index contributed by atoms with van der Waals surface area (Å²) in [7, 11) is 2.16. The summed E-state index contributed by atoms with van der Waals surface area (Å²) in [5.41, 5.74) is 2.38. The number of piperazine rings is 1. The first-order chi connectivity index (χ1) is 12.2. The van der Waals surface area contributed by atoms with Crippen molar-refractivity contribution in [1.29, 1.82) is 0 Å². The normalized spacial score (nSPS) is 18.6. The highest BCUT2D eigenvalue weighted by atomic mass is 15.3. The first kappa shape index (κ1) is 16.3. The lowest BCUT2D eigenvalue weighted by Gasteiger charge is -2.32. The molecule has 1 aliphatic carbocycles. The van der Waals surface area contributed by atoms with Crippen molar-refractivity contribution in [3.8, 4) is 0 Å². The summed E-state index contributed by atoms with van der Waals surface area (Å²) in [6.45, 7) is 6.21. The van der Waals surface area contributed by atoms with Crippen molar-refractivity contribution in [3.05, 3.63) is 23.5 Å². The van der Waals surface area contributed by atoms with Gasteiger partial charge in [0.2, 0.25) is 5.95 Å². The lowest BCUT2D eigenvalue weighted by atomic mass is 10.2. The average Bonchev–Trinajstić information content (AvgIpc) is 3.37. The molecule has 0 atom stereocenters. The molecular weight excluding hydrogens is 314 g/mol. The fourth-order valence-corrected chi connectivity index (χ4v) is 3.24. The molecule has 0 spiro atoms. The Hall–Kier alpha value is -2.15. The maximum absolute atomic E-state index is 4.84. The summed E-state index contributed by atoms with van der Waals surface area (Å²) >= 11 is 0. The van der Waals surface area contributed by atoms with Crippen LogP contribution in [-0.4, -0.2) is 58.3 Å². The predicted octanol–water partition coefficient (Wildman–Crippen LogP) is 2.53. The zero-order valence-electron chi connectivity index (χ0n) is 15.1. The van der Waals surface area contributed by atoms with Crippen LogP contribution in [-0.2, 0) is 6.42 Å². The molecule has 2 aromatic rings. The molecule has 0 bridgehead atoms. The minimum Gasteiger partial charge on any atom is -0.338 e.